The van der Waals surface area contributed by atoms with Crippen LogP contribution >= 0.6 is 0 Å². The molecule has 0 radical (unpaired) electrons. The van der Waals surface area contributed by atoms with Gasteiger partial charge in [0, 0.05) is 19.6 Å². The number of aliphatic carboxylic acids is 1. The predicted octanol–water partition coefficient (Wildman–Crippen LogP) is 0.972. The molecule has 5 heteroatoms. The van der Waals surface area contributed by atoms with E-state index < -0.39 is 5.97 Å². The number of aliphatic hydroxyl groups is 1. The zero-order chi connectivity index (χ0) is 13.9. The first-order chi connectivity index (χ1) is 9.22. The van der Waals surface area contributed by atoms with Crippen LogP contribution in [-0.4, -0.2) is 54.0 Å². The molecule has 0 aliphatic heterocycles. The van der Waals surface area contributed by atoms with Gasteiger partial charge in [-0.05, 0) is 5.56 Å². The molecule has 0 fully saturated rings. The maximum Gasteiger partial charge on any atom is 0.304 e. The van der Waals surface area contributed by atoms with Crippen molar-refractivity contribution in [1.82, 2.24) is 4.90 Å². The molecular formula is C14H21NO4. The summed E-state index contributed by atoms with van der Waals surface area (Å²) in [6, 6.07) is 9.92. The highest BCUT2D eigenvalue weighted by Crippen LogP contribution is 2.05. The normalized spacial score (nSPS) is 10.8. The third kappa shape index (κ3) is 7.56. The zero-order valence-electron chi connectivity index (χ0n) is 11.0. The molecule has 0 spiro atoms. The topological polar surface area (TPSA) is 70.0 Å². The van der Waals surface area contributed by atoms with Crippen LogP contribution < -0.4 is 0 Å². The summed E-state index contributed by atoms with van der Waals surface area (Å²) >= 11 is 0. The third-order valence-corrected chi connectivity index (χ3v) is 2.68. The van der Waals surface area contributed by atoms with Crippen molar-refractivity contribution >= 4 is 5.97 Å². The molecule has 0 heterocycles. The van der Waals surface area contributed by atoms with Crippen LogP contribution in [0.15, 0.2) is 30.3 Å². The van der Waals surface area contributed by atoms with Crippen molar-refractivity contribution in [3.05, 3.63) is 35.9 Å². The second-order valence-corrected chi connectivity index (χ2v) is 4.24. The Morgan fingerprint density at radius 1 is 1.16 bits per heavy atom. The van der Waals surface area contributed by atoms with E-state index in [0.29, 0.717) is 32.8 Å². The number of carboxylic acid groups (broad SMARTS) is 1. The molecule has 0 saturated carbocycles. The second-order valence-electron chi connectivity index (χ2n) is 4.24. The minimum absolute atomic E-state index is 0.00775. The van der Waals surface area contributed by atoms with Gasteiger partial charge in [0.1, 0.15) is 0 Å². The van der Waals surface area contributed by atoms with Crippen LogP contribution in [-0.2, 0) is 16.1 Å². The number of hydrogen-bond donors (Lipinski definition) is 2. The summed E-state index contributed by atoms with van der Waals surface area (Å²) in [5, 5.41) is 17.4. The number of ether oxygens (including phenoxy) is 1. The van der Waals surface area contributed by atoms with E-state index in [4.69, 9.17) is 14.9 Å². The summed E-state index contributed by atoms with van der Waals surface area (Å²) < 4.78 is 5.22. The van der Waals surface area contributed by atoms with E-state index in [9.17, 15) is 4.79 Å². The number of hydrogen-bond acceptors (Lipinski definition) is 4. The van der Waals surface area contributed by atoms with E-state index in [0.717, 1.165) is 5.56 Å². The molecule has 106 valence electrons. The van der Waals surface area contributed by atoms with E-state index in [1.165, 1.54) is 0 Å². The molecule has 2 N–H and O–H groups in total. The minimum atomic E-state index is -0.797. The van der Waals surface area contributed by atoms with Crippen molar-refractivity contribution in [2.24, 2.45) is 0 Å². The summed E-state index contributed by atoms with van der Waals surface area (Å²) in [5.74, 6) is -0.797. The first-order valence-corrected chi connectivity index (χ1v) is 6.39. The molecule has 0 amide bonds. The van der Waals surface area contributed by atoms with E-state index in [-0.39, 0.29) is 13.0 Å². The molecule has 0 bridgehead atoms. The third-order valence-electron chi connectivity index (χ3n) is 2.68. The Balaban J connectivity index is 2.41. The highest BCUT2D eigenvalue weighted by atomic mass is 16.5. The first-order valence-electron chi connectivity index (χ1n) is 6.39. The molecule has 1 rings (SSSR count). The van der Waals surface area contributed by atoms with Crippen LogP contribution in [0.1, 0.15) is 12.0 Å². The van der Waals surface area contributed by atoms with Crippen molar-refractivity contribution in [1.29, 1.82) is 0 Å². The van der Waals surface area contributed by atoms with Gasteiger partial charge in [-0.2, -0.15) is 0 Å². The summed E-state index contributed by atoms with van der Waals surface area (Å²) in [6.45, 7) is 2.67. The highest BCUT2D eigenvalue weighted by Gasteiger charge is 2.08. The van der Waals surface area contributed by atoms with Crippen molar-refractivity contribution in [2.75, 3.05) is 32.9 Å². The van der Waals surface area contributed by atoms with Crippen molar-refractivity contribution in [3.63, 3.8) is 0 Å². The van der Waals surface area contributed by atoms with Gasteiger partial charge in [-0.1, -0.05) is 30.3 Å². The van der Waals surface area contributed by atoms with Gasteiger partial charge in [0.05, 0.1) is 26.2 Å². The summed E-state index contributed by atoms with van der Waals surface area (Å²) in [7, 11) is 0. The number of aliphatic hydroxyl groups excluding tert-OH is 1. The van der Waals surface area contributed by atoms with Gasteiger partial charge >= 0.3 is 5.97 Å². The number of nitrogens with zero attached hydrogens (tertiary/aromatic N) is 1. The standard InChI is InChI=1S/C14H21NO4/c16-9-11-19-10-8-15(7-6-14(17)18)12-13-4-2-1-3-5-13/h1-5,16H,6-12H2,(H,17,18). The van der Waals surface area contributed by atoms with Gasteiger partial charge in [-0.15, -0.1) is 0 Å². The number of benzene rings is 1. The first kappa shape index (κ1) is 15.6. The van der Waals surface area contributed by atoms with E-state index in [1.54, 1.807) is 0 Å². The lowest BCUT2D eigenvalue weighted by molar-refractivity contribution is -0.137. The maximum absolute atomic E-state index is 10.6. The molecular weight excluding hydrogens is 246 g/mol. The molecule has 0 aromatic heterocycles. The minimum Gasteiger partial charge on any atom is -0.481 e. The van der Waals surface area contributed by atoms with Gasteiger partial charge in [0.25, 0.3) is 0 Å². The Labute approximate surface area is 113 Å². The average molecular weight is 267 g/mol. The molecule has 1 aromatic rings. The molecule has 0 saturated heterocycles. The number of carboxylic acids is 1. The highest BCUT2D eigenvalue weighted by molar-refractivity contribution is 5.66. The Hall–Kier alpha value is -1.43. The van der Waals surface area contributed by atoms with Crippen molar-refractivity contribution in [2.45, 2.75) is 13.0 Å². The lowest BCUT2D eigenvalue weighted by Gasteiger charge is -2.21. The Morgan fingerprint density at radius 3 is 2.53 bits per heavy atom. The number of carbonyl (C=O) groups is 1. The van der Waals surface area contributed by atoms with Gasteiger partial charge in [0.2, 0.25) is 0 Å². The number of rotatable bonds is 10. The van der Waals surface area contributed by atoms with E-state index >= 15 is 0 Å². The molecule has 1 aromatic carbocycles. The quantitative estimate of drug-likeness (QED) is 0.618. The monoisotopic (exact) mass is 267 g/mol. The van der Waals surface area contributed by atoms with Crippen LogP contribution in [0, 0.1) is 0 Å². The van der Waals surface area contributed by atoms with Crippen LogP contribution in [0.4, 0.5) is 0 Å². The molecule has 0 unspecified atom stereocenters. The second kappa shape index (κ2) is 9.49. The van der Waals surface area contributed by atoms with E-state index in [1.807, 2.05) is 35.2 Å². The van der Waals surface area contributed by atoms with Crippen molar-refractivity contribution < 1.29 is 19.7 Å². The molecule has 0 aliphatic rings. The Bertz CT molecular complexity index is 356. The fourth-order valence-corrected chi connectivity index (χ4v) is 1.73. The average Bonchev–Trinajstić information content (AvgIpc) is 2.41. The molecule has 0 atom stereocenters. The Morgan fingerprint density at radius 2 is 1.89 bits per heavy atom. The lowest BCUT2D eigenvalue weighted by atomic mass is 10.2. The largest absolute Gasteiger partial charge is 0.481 e. The SMILES string of the molecule is O=C(O)CCN(CCOCCO)Cc1ccccc1. The molecule has 0 aliphatic carbocycles. The van der Waals surface area contributed by atoms with Crippen LogP contribution in [0.25, 0.3) is 0 Å². The van der Waals surface area contributed by atoms with Crippen LogP contribution in [0.5, 0.6) is 0 Å². The van der Waals surface area contributed by atoms with Crippen molar-refractivity contribution in [3.8, 4) is 0 Å². The smallest absolute Gasteiger partial charge is 0.304 e. The summed E-state index contributed by atoms with van der Waals surface area (Å²) in [4.78, 5) is 12.7. The Kier molecular flexibility index (Phi) is 7.81. The molecule has 19 heavy (non-hydrogen) atoms. The van der Waals surface area contributed by atoms with Gasteiger partial charge in [0.15, 0.2) is 0 Å². The lowest BCUT2D eigenvalue weighted by Crippen LogP contribution is -2.29. The maximum atomic E-state index is 10.6. The molecule has 5 nitrogen and oxygen atoms in total. The predicted molar refractivity (Wildman–Crippen MR) is 71.9 cm³/mol. The summed E-state index contributed by atoms with van der Waals surface area (Å²) in [6.07, 6.45) is 0.118. The fraction of sp³-hybridized carbons (Fsp3) is 0.500. The van der Waals surface area contributed by atoms with Gasteiger partial charge < -0.3 is 14.9 Å². The van der Waals surface area contributed by atoms with Crippen LogP contribution in [0.3, 0.4) is 0 Å². The van der Waals surface area contributed by atoms with E-state index in [2.05, 4.69) is 0 Å². The van der Waals surface area contributed by atoms with Gasteiger partial charge in [-0.3, -0.25) is 9.69 Å². The zero-order valence-corrected chi connectivity index (χ0v) is 11.0. The van der Waals surface area contributed by atoms with Crippen LogP contribution in [0.2, 0.25) is 0 Å². The summed E-state index contributed by atoms with van der Waals surface area (Å²) in [5.41, 5.74) is 1.15. The van der Waals surface area contributed by atoms with Gasteiger partial charge in [-0.25, -0.2) is 0 Å². The fourth-order valence-electron chi connectivity index (χ4n) is 1.73.